The van der Waals surface area contributed by atoms with Gasteiger partial charge in [-0.2, -0.15) is 0 Å². The van der Waals surface area contributed by atoms with E-state index in [-0.39, 0.29) is 38.0 Å². The van der Waals surface area contributed by atoms with Gasteiger partial charge < -0.3 is 20.3 Å². The Kier molecular flexibility index (Phi) is 5.90. The van der Waals surface area contributed by atoms with Gasteiger partial charge in [-0.3, -0.25) is 29.4 Å². The van der Waals surface area contributed by atoms with Gasteiger partial charge in [-0.1, -0.05) is 6.07 Å². The lowest BCUT2D eigenvalue weighted by Gasteiger charge is -2.32. The second kappa shape index (κ2) is 8.36. The van der Waals surface area contributed by atoms with Crippen molar-refractivity contribution in [1.29, 1.82) is 0 Å². The van der Waals surface area contributed by atoms with Gasteiger partial charge in [0.1, 0.15) is 6.04 Å². The maximum atomic E-state index is 12.8. The molecule has 4 N–H and O–H groups in total. The third kappa shape index (κ3) is 3.97. The molecular weight excluding hydrogens is 370 g/mol. The molecule has 2 atom stereocenters. The molecule has 10 heteroatoms. The second-order valence-corrected chi connectivity index (χ2v) is 6.50. The average Bonchev–Trinajstić information content (AvgIpc) is 2.90. The van der Waals surface area contributed by atoms with Gasteiger partial charge >= 0.3 is 5.97 Å². The Hall–Kier alpha value is -2.98. The zero-order valence-electron chi connectivity index (χ0n) is 15.0. The van der Waals surface area contributed by atoms with Gasteiger partial charge in [0.25, 0.3) is 5.91 Å². The number of fused-ring (bicyclic) bond motifs is 1. The van der Waals surface area contributed by atoms with E-state index < -0.39 is 36.0 Å². The molecule has 1 fully saturated rings. The number of carbonyl (C=O) groups is 4. The van der Waals surface area contributed by atoms with Crippen LogP contribution in [0, 0.1) is 0 Å². The molecule has 150 valence electrons. The van der Waals surface area contributed by atoms with E-state index in [2.05, 4.69) is 10.6 Å². The summed E-state index contributed by atoms with van der Waals surface area (Å²) in [5.74, 6) is -2.41. The molecular formula is C18H21N3O7. The van der Waals surface area contributed by atoms with Crippen LogP contribution in [0.2, 0.25) is 0 Å². The van der Waals surface area contributed by atoms with Crippen LogP contribution in [0.25, 0.3) is 0 Å². The number of anilines is 1. The van der Waals surface area contributed by atoms with E-state index >= 15 is 0 Å². The molecule has 2 aliphatic rings. The van der Waals surface area contributed by atoms with Crippen molar-refractivity contribution in [2.75, 3.05) is 25.1 Å². The number of aliphatic carboxylic acids is 1. The molecule has 0 spiro atoms. The van der Waals surface area contributed by atoms with Gasteiger partial charge in [0, 0.05) is 29.8 Å². The molecule has 0 bridgehead atoms. The summed E-state index contributed by atoms with van der Waals surface area (Å²) in [5.41, 5.74) is 1.17. The predicted octanol–water partition coefficient (Wildman–Crippen LogP) is -0.158. The van der Waals surface area contributed by atoms with Gasteiger partial charge in [-0.25, -0.2) is 0 Å². The standard InChI is InChI=1S/C18H21N3O7/c22-13-5-4-12(16(25)20-13)21-17(26)10-2-1-3-11(15(10)18(21)27)19-7-9-28-8-6-14(23)24/h1-3,12,18-19,27H,4-9H2,(H,23,24)(H,20,22,25). The third-order valence-electron chi connectivity index (χ3n) is 4.66. The van der Waals surface area contributed by atoms with Crippen LogP contribution in [0.3, 0.4) is 0 Å². The lowest BCUT2D eigenvalue weighted by Crippen LogP contribution is -2.53. The topological polar surface area (TPSA) is 145 Å². The van der Waals surface area contributed by atoms with Crippen LogP contribution < -0.4 is 10.6 Å². The fourth-order valence-corrected chi connectivity index (χ4v) is 3.35. The summed E-state index contributed by atoms with van der Waals surface area (Å²) in [6.45, 7) is 0.682. The van der Waals surface area contributed by atoms with Crippen LogP contribution in [-0.4, -0.2) is 64.6 Å². The Morgan fingerprint density at radius 3 is 2.79 bits per heavy atom. The molecule has 0 aliphatic carbocycles. The first-order chi connectivity index (χ1) is 13.4. The zero-order chi connectivity index (χ0) is 20.3. The minimum atomic E-state index is -1.32. The third-order valence-corrected chi connectivity index (χ3v) is 4.66. The molecule has 2 heterocycles. The normalized spacial score (nSPS) is 21.5. The lowest BCUT2D eigenvalue weighted by molar-refractivity contribution is -0.140. The number of piperidine rings is 1. The maximum absolute atomic E-state index is 12.8. The number of hydrogen-bond donors (Lipinski definition) is 4. The Morgan fingerprint density at radius 1 is 1.29 bits per heavy atom. The second-order valence-electron chi connectivity index (χ2n) is 6.50. The number of imide groups is 1. The van der Waals surface area contributed by atoms with Crippen LogP contribution in [0.5, 0.6) is 0 Å². The molecule has 28 heavy (non-hydrogen) atoms. The Bertz CT molecular complexity index is 810. The van der Waals surface area contributed by atoms with Gasteiger partial charge in [0.05, 0.1) is 19.6 Å². The SMILES string of the molecule is O=C(O)CCOCCNc1cccc2c1C(O)N(C1CCC(=O)NC1=O)C2=O. The Balaban J connectivity index is 1.68. The molecule has 2 aliphatic heterocycles. The van der Waals surface area contributed by atoms with E-state index in [1.807, 2.05) is 0 Å². The van der Waals surface area contributed by atoms with Crippen molar-refractivity contribution in [1.82, 2.24) is 10.2 Å². The Morgan fingerprint density at radius 2 is 2.07 bits per heavy atom. The molecule has 1 aromatic carbocycles. The number of carboxylic acids is 1. The van der Waals surface area contributed by atoms with E-state index in [0.29, 0.717) is 17.8 Å². The van der Waals surface area contributed by atoms with Gasteiger partial charge in [-0.15, -0.1) is 0 Å². The minimum Gasteiger partial charge on any atom is -0.481 e. The molecule has 0 aromatic heterocycles. The van der Waals surface area contributed by atoms with Crippen molar-refractivity contribution in [2.24, 2.45) is 0 Å². The van der Waals surface area contributed by atoms with Crippen LogP contribution in [0.15, 0.2) is 18.2 Å². The number of carbonyl (C=O) groups excluding carboxylic acids is 3. The quantitative estimate of drug-likeness (QED) is 0.353. The number of carboxylic acid groups (broad SMARTS) is 1. The predicted molar refractivity (Wildman–Crippen MR) is 95.3 cm³/mol. The number of aliphatic hydroxyl groups excluding tert-OH is 1. The number of rotatable bonds is 8. The monoisotopic (exact) mass is 391 g/mol. The molecule has 10 nitrogen and oxygen atoms in total. The molecule has 0 radical (unpaired) electrons. The van der Waals surface area contributed by atoms with E-state index in [9.17, 15) is 24.3 Å². The lowest BCUT2D eigenvalue weighted by atomic mass is 10.0. The van der Waals surface area contributed by atoms with E-state index in [0.717, 1.165) is 4.90 Å². The summed E-state index contributed by atoms with van der Waals surface area (Å²) >= 11 is 0. The fourth-order valence-electron chi connectivity index (χ4n) is 3.35. The number of benzene rings is 1. The highest BCUT2D eigenvalue weighted by Gasteiger charge is 2.45. The Labute approximate surface area is 160 Å². The number of nitrogens with zero attached hydrogens (tertiary/aromatic N) is 1. The van der Waals surface area contributed by atoms with Crippen LogP contribution >= 0.6 is 0 Å². The average molecular weight is 391 g/mol. The molecule has 1 aromatic rings. The smallest absolute Gasteiger partial charge is 0.305 e. The highest BCUT2D eigenvalue weighted by Crippen LogP contribution is 2.39. The van der Waals surface area contributed by atoms with Crippen molar-refractivity contribution in [3.05, 3.63) is 29.3 Å². The molecule has 1 saturated heterocycles. The summed E-state index contributed by atoms with van der Waals surface area (Å²) < 4.78 is 5.21. The summed E-state index contributed by atoms with van der Waals surface area (Å²) in [7, 11) is 0. The summed E-state index contributed by atoms with van der Waals surface area (Å²) in [5, 5.41) is 24.6. The van der Waals surface area contributed by atoms with Gasteiger partial charge in [0.2, 0.25) is 11.8 Å². The van der Waals surface area contributed by atoms with Gasteiger partial charge in [-0.05, 0) is 18.6 Å². The number of ether oxygens (including phenoxy) is 1. The first kappa shape index (κ1) is 19.8. The number of nitrogens with one attached hydrogen (secondary N) is 2. The summed E-state index contributed by atoms with van der Waals surface area (Å²) in [6.07, 6.45) is -1.15. The van der Waals surface area contributed by atoms with Crippen molar-refractivity contribution >= 4 is 29.4 Å². The molecule has 2 unspecified atom stereocenters. The highest BCUT2D eigenvalue weighted by molar-refractivity contribution is 6.06. The zero-order valence-corrected chi connectivity index (χ0v) is 15.0. The largest absolute Gasteiger partial charge is 0.481 e. The first-order valence-corrected chi connectivity index (χ1v) is 8.91. The number of amides is 3. The molecule has 3 rings (SSSR count). The first-order valence-electron chi connectivity index (χ1n) is 8.91. The van der Waals surface area contributed by atoms with Crippen LogP contribution in [0.4, 0.5) is 5.69 Å². The van der Waals surface area contributed by atoms with E-state index in [4.69, 9.17) is 9.84 Å². The maximum Gasteiger partial charge on any atom is 0.305 e. The highest BCUT2D eigenvalue weighted by atomic mass is 16.5. The summed E-state index contributed by atoms with van der Waals surface area (Å²) in [4.78, 5) is 47.8. The van der Waals surface area contributed by atoms with Crippen molar-refractivity contribution < 1.29 is 34.1 Å². The summed E-state index contributed by atoms with van der Waals surface area (Å²) in [6, 6.07) is 4.01. The van der Waals surface area contributed by atoms with Gasteiger partial charge in [0.15, 0.2) is 6.23 Å². The number of aliphatic hydroxyl groups is 1. The van der Waals surface area contributed by atoms with Crippen molar-refractivity contribution in [2.45, 2.75) is 31.5 Å². The molecule has 3 amide bonds. The van der Waals surface area contributed by atoms with Crippen molar-refractivity contribution in [3.8, 4) is 0 Å². The van der Waals surface area contributed by atoms with Crippen molar-refractivity contribution in [3.63, 3.8) is 0 Å². The van der Waals surface area contributed by atoms with E-state index in [1.54, 1.807) is 18.2 Å². The van der Waals surface area contributed by atoms with E-state index in [1.165, 1.54) is 0 Å². The minimum absolute atomic E-state index is 0.0884. The van der Waals surface area contributed by atoms with Crippen LogP contribution in [0.1, 0.15) is 41.4 Å². The number of hydrogen-bond acceptors (Lipinski definition) is 7. The molecule has 0 saturated carbocycles. The van der Waals surface area contributed by atoms with Crippen LogP contribution in [-0.2, 0) is 19.1 Å². The fraction of sp³-hybridized carbons (Fsp3) is 0.444.